The molecule has 0 radical (unpaired) electrons. The summed E-state index contributed by atoms with van der Waals surface area (Å²) in [5, 5.41) is 5.63. The number of amides is 1. The van der Waals surface area contributed by atoms with Crippen LogP contribution in [0.15, 0.2) is 54.6 Å². The van der Waals surface area contributed by atoms with Crippen LogP contribution in [0, 0.1) is 18.6 Å². The lowest BCUT2D eigenvalue weighted by Crippen LogP contribution is -2.25. The minimum atomic E-state index is -0.444. The van der Waals surface area contributed by atoms with Gasteiger partial charge in [-0.1, -0.05) is 18.2 Å². The zero-order valence-electron chi connectivity index (χ0n) is 14.0. The zero-order valence-corrected chi connectivity index (χ0v) is 14.0. The van der Waals surface area contributed by atoms with Gasteiger partial charge in [-0.25, -0.2) is 18.7 Å². The van der Waals surface area contributed by atoms with Crippen molar-refractivity contribution in [3.8, 4) is 0 Å². The number of benzene rings is 2. The fourth-order valence-corrected chi connectivity index (χ4v) is 2.34. The lowest BCUT2D eigenvalue weighted by Gasteiger charge is -2.09. The molecule has 1 heterocycles. The molecule has 132 valence electrons. The molecule has 26 heavy (non-hydrogen) atoms. The smallest absolute Gasteiger partial charge is 0.270 e. The summed E-state index contributed by atoms with van der Waals surface area (Å²) in [6.45, 7) is 1.71. The summed E-state index contributed by atoms with van der Waals surface area (Å²) in [6.07, 6.45) is 0. The number of nitrogens with one attached hydrogen (secondary N) is 2. The fourth-order valence-electron chi connectivity index (χ4n) is 2.34. The Bertz CT molecular complexity index is 929. The third-order valence-electron chi connectivity index (χ3n) is 3.58. The van der Waals surface area contributed by atoms with Gasteiger partial charge in [-0.2, -0.15) is 0 Å². The van der Waals surface area contributed by atoms with Gasteiger partial charge in [0.15, 0.2) is 0 Å². The lowest BCUT2D eigenvalue weighted by molar-refractivity contribution is 0.0945. The first-order chi connectivity index (χ1) is 12.5. The average Bonchev–Trinajstić information content (AvgIpc) is 2.62. The minimum absolute atomic E-state index is 0.0509. The molecule has 0 saturated heterocycles. The molecule has 0 unspecified atom stereocenters. The summed E-state index contributed by atoms with van der Waals surface area (Å²) in [4.78, 5) is 20.6. The number of rotatable bonds is 5. The van der Waals surface area contributed by atoms with Crippen molar-refractivity contribution in [3.05, 3.63) is 83.3 Å². The standard InChI is InChI=1S/C19H16F2N4O/c1-12-23-17(19(26)22-11-13-4-2-3-5-16(13)21)10-18(24-12)25-15-8-6-14(20)7-9-15/h2-10H,11H2,1H3,(H,22,26)(H,23,24,25). The highest BCUT2D eigenvalue weighted by Crippen LogP contribution is 2.16. The molecule has 1 amide bonds. The van der Waals surface area contributed by atoms with E-state index >= 15 is 0 Å². The number of hydrogen-bond acceptors (Lipinski definition) is 4. The monoisotopic (exact) mass is 354 g/mol. The van der Waals surface area contributed by atoms with E-state index in [9.17, 15) is 13.6 Å². The molecule has 0 aliphatic rings. The van der Waals surface area contributed by atoms with E-state index in [1.165, 1.54) is 24.3 Å². The fraction of sp³-hybridized carbons (Fsp3) is 0.105. The first-order valence-corrected chi connectivity index (χ1v) is 7.91. The van der Waals surface area contributed by atoms with Crippen molar-refractivity contribution in [1.82, 2.24) is 15.3 Å². The van der Waals surface area contributed by atoms with Gasteiger partial charge >= 0.3 is 0 Å². The number of hydrogen-bond donors (Lipinski definition) is 2. The van der Waals surface area contributed by atoms with Gasteiger partial charge < -0.3 is 10.6 Å². The van der Waals surface area contributed by atoms with E-state index in [1.807, 2.05) is 0 Å². The Kier molecular flexibility index (Phi) is 5.17. The van der Waals surface area contributed by atoms with Crippen molar-refractivity contribution in [3.63, 3.8) is 0 Å². The zero-order chi connectivity index (χ0) is 18.5. The van der Waals surface area contributed by atoms with Gasteiger partial charge in [0.1, 0.15) is 29.0 Å². The van der Waals surface area contributed by atoms with Gasteiger partial charge in [0.05, 0.1) is 0 Å². The Balaban J connectivity index is 1.73. The Labute approximate surface area is 149 Å². The Morgan fingerprint density at radius 3 is 2.50 bits per heavy atom. The third kappa shape index (κ3) is 4.38. The highest BCUT2D eigenvalue weighted by atomic mass is 19.1. The van der Waals surface area contributed by atoms with Crippen LogP contribution in [0.1, 0.15) is 21.9 Å². The Hall–Kier alpha value is -3.35. The van der Waals surface area contributed by atoms with E-state index in [-0.39, 0.29) is 23.9 Å². The van der Waals surface area contributed by atoms with E-state index in [2.05, 4.69) is 20.6 Å². The summed E-state index contributed by atoms with van der Waals surface area (Å²) in [7, 11) is 0. The maximum Gasteiger partial charge on any atom is 0.270 e. The topological polar surface area (TPSA) is 66.9 Å². The highest BCUT2D eigenvalue weighted by molar-refractivity contribution is 5.93. The number of halogens is 2. The second kappa shape index (κ2) is 7.69. The number of aryl methyl sites for hydroxylation is 1. The second-order valence-corrected chi connectivity index (χ2v) is 5.59. The molecule has 0 atom stereocenters. The molecule has 1 aromatic heterocycles. The normalized spacial score (nSPS) is 10.4. The molecular weight excluding hydrogens is 338 g/mol. The number of nitrogens with zero attached hydrogens (tertiary/aromatic N) is 2. The molecule has 0 aliphatic heterocycles. The van der Waals surface area contributed by atoms with Gasteiger partial charge in [0.25, 0.3) is 5.91 Å². The minimum Gasteiger partial charge on any atom is -0.347 e. The van der Waals surface area contributed by atoms with Gasteiger partial charge in [0.2, 0.25) is 0 Å². The molecule has 0 spiro atoms. The largest absolute Gasteiger partial charge is 0.347 e. The summed E-state index contributed by atoms with van der Waals surface area (Å²) < 4.78 is 26.6. The van der Waals surface area contributed by atoms with Crippen molar-refractivity contribution in [2.45, 2.75) is 13.5 Å². The SMILES string of the molecule is Cc1nc(Nc2ccc(F)cc2)cc(C(=O)NCc2ccccc2F)n1. The summed E-state index contributed by atoms with van der Waals surface area (Å²) in [5.74, 6) is -0.373. The molecule has 0 bridgehead atoms. The van der Waals surface area contributed by atoms with Crippen LogP contribution in [0.5, 0.6) is 0 Å². The van der Waals surface area contributed by atoms with Crippen LogP contribution >= 0.6 is 0 Å². The molecule has 7 heteroatoms. The van der Waals surface area contributed by atoms with Crippen LogP contribution in [0.25, 0.3) is 0 Å². The van der Waals surface area contributed by atoms with Crippen LogP contribution in [0.3, 0.4) is 0 Å². The van der Waals surface area contributed by atoms with E-state index < -0.39 is 5.91 Å². The molecule has 3 rings (SSSR count). The van der Waals surface area contributed by atoms with E-state index in [1.54, 1.807) is 37.3 Å². The van der Waals surface area contributed by atoms with Gasteiger partial charge in [-0.3, -0.25) is 4.79 Å². The molecule has 0 saturated carbocycles. The van der Waals surface area contributed by atoms with Gasteiger partial charge in [-0.15, -0.1) is 0 Å². The van der Waals surface area contributed by atoms with Gasteiger partial charge in [-0.05, 0) is 37.3 Å². The predicted molar refractivity (Wildman–Crippen MR) is 94.0 cm³/mol. The number of carbonyl (C=O) groups is 1. The highest BCUT2D eigenvalue weighted by Gasteiger charge is 2.11. The average molecular weight is 354 g/mol. The van der Waals surface area contributed by atoms with E-state index in [0.29, 0.717) is 22.9 Å². The van der Waals surface area contributed by atoms with Crippen LogP contribution in [-0.2, 0) is 6.54 Å². The Morgan fingerprint density at radius 1 is 1.04 bits per heavy atom. The maximum atomic E-state index is 13.6. The molecule has 0 aliphatic carbocycles. The van der Waals surface area contributed by atoms with E-state index in [4.69, 9.17) is 0 Å². The molecule has 0 fully saturated rings. The first-order valence-electron chi connectivity index (χ1n) is 7.91. The van der Waals surface area contributed by atoms with Crippen molar-refractivity contribution in [2.75, 3.05) is 5.32 Å². The van der Waals surface area contributed by atoms with Crippen molar-refractivity contribution in [1.29, 1.82) is 0 Å². The maximum absolute atomic E-state index is 13.6. The molecule has 3 aromatic rings. The molecular formula is C19H16F2N4O. The summed E-state index contributed by atoms with van der Waals surface area (Å²) in [6, 6.07) is 13.5. The number of carbonyl (C=O) groups excluding carboxylic acids is 1. The summed E-state index contributed by atoms with van der Waals surface area (Å²) >= 11 is 0. The number of anilines is 2. The summed E-state index contributed by atoms with van der Waals surface area (Å²) in [5.41, 5.74) is 1.16. The van der Waals surface area contributed by atoms with Crippen LogP contribution in [-0.4, -0.2) is 15.9 Å². The van der Waals surface area contributed by atoms with E-state index in [0.717, 1.165) is 0 Å². The van der Waals surface area contributed by atoms with Crippen LogP contribution in [0.2, 0.25) is 0 Å². The first kappa shape index (κ1) is 17.5. The molecule has 2 N–H and O–H groups in total. The predicted octanol–water partition coefficient (Wildman–Crippen LogP) is 3.74. The van der Waals surface area contributed by atoms with Crippen molar-refractivity contribution in [2.24, 2.45) is 0 Å². The van der Waals surface area contributed by atoms with Crippen molar-refractivity contribution < 1.29 is 13.6 Å². The lowest BCUT2D eigenvalue weighted by atomic mass is 10.2. The quantitative estimate of drug-likeness (QED) is 0.733. The second-order valence-electron chi connectivity index (χ2n) is 5.59. The molecule has 5 nitrogen and oxygen atoms in total. The molecule has 2 aromatic carbocycles. The van der Waals surface area contributed by atoms with Crippen LogP contribution < -0.4 is 10.6 Å². The van der Waals surface area contributed by atoms with Gasteiger partial charge in [0, 0.05) is 23.9 Å². The van der Waals surface area contributed by atoms with Crippen LogP contribution in [0.4, 0.5) is 20.3 Å². The van der Waals surface area contributed by atoms with Crippen molar-refractivity contribution >= 4 is 17.4 Å². The Morgan fingerprint density at radius 2 is 1.77 bits per heavy atom. The third-order valence-corrected chi connectivity index (χ3v) is 3.58. The number of aromatic nitrogens is 2.